The van der Waals surface area contributed by atoms with Crippen LogP contribution >= 0.6 is 24.0 Å². The Morgan fingerprint density at radius 3 is 2.57 bits per heavy atom. The third kappa shape index (κ3) is 4.87. The molecule has 0 saturated carbocycles. The van der Waals surface area contributed by atoms with Gasteiger partial charge in [-0.05, 0) is 50.9 Å². The fourth-order valence-electron chi connectivity index (χ4n) is 2.49. The Labute approximate surface area is 138 Å². The van der Waals surface area contributed by atoms with Crippen LogP contribution in [0.15, 0.2) is 24.3 Å². The number of amides is 1. The summed E-state index contributed by atoms with van der Waals surface area (Å²) in [4.78, 5) is 12.3. The zero-order chi connectivity index (χ0) is 14.8. The summed E-state index contributed by atoms with van der Waals surface area (Å²) in [6.07, 6.45) is 0.730. The molecule has 1 heterocycles. The molecule has 0 radical (unpaired) electrons. The van der Waals surface area contributed by atoms with Crippen LogP contribution in [0.1, 0.15) is 26.3 Å². The Morgan fingerprint density at radius 1 is 1.43 bits per heavy atom. The van der Waals surface area contributed by atoms with Crippen LogP contribution in [-0.2, 0) is 11.2 Å². The van der Waals surface area contributed by atoms with Gasteiger partial charge in [0, 0.05) is 16.5 Å². The summed E-state index contributed by atoms with van der Waals surface area (Å²) >= 11 is 6.19. The van der Waals surface area contributed by atoms with Gasteiger partial charge in [0.05, 0.1) is 0 Å². The van der Waals surface area contributed by atoms with Gasteiger partial charge in [0.25, 0.3) is 0 Å². The van der Waals surface area contributed by atoms with Crippen molar-refractivity contribution in [3.63, 3.8) is 0 Å². The first-order valence-electron chi connectivity index (χ1n) is 7.15. The van der Waals surface area contributed by atoms with E-state index in [1.165, 1.54) is 0 Å². The highest BCUT2D eigenvalue weighted by Crippen LogP contribution is 2.22. The van der Waals surface area contributed by atoms with Gasteiger partial charge < -0.3 is 10.6 Å². The topological polar surface area (TPSA) is 41.1 Å². The van der Waals surface area contributed by atoms with Crippen LogP contribution in [0.2, 0.25) is 5.02 Å². The Hall–Kier alpha value is -0.770. The second kappa shape index (κ2) is 7.48. The van der Waals surface area contributed by atoms with Crippen molar-refractivity contribution in [1.82, 2.24) is 10.6 Å². The van der Waals surface area contributed by atoms with Crippen molar-refractivity contribution in [2.75, 3.05) is 13.1 Å². The van der Waals surface area contributed by atoms with Crippen molar-refractivity contribution in [3.8, 4) is 0 Å². The lowest BCUT2D eigenvalue weighted by atomic mass is 9.87. The number of rotatable bonds is 5. The van der Waals surface area contributed by atoms with Crippen molar-refractivity contribution in [3.05, 3.63) is 34.9 Å². The highest BCUT2D eigenvalue weighted by Gasteiger charge is 2.31. The Balaban J connectivity index is 0.00000220. The average molecular weight is 331 g/mol. The normalized spacial score (nSPS) is 16.6. The number of halogens is 2. The van der Waals surface area contributed by atoms with Gasteiger partial charge in [0.2, 0.25) is 5.91 Å². The molecule has 1 aromatic carbocycles. The Bertz CT molecular complexity index is 487. The molecule has 1 aliphatic heterocycles. The molecule has 1 aromatic rings. The number of hydrogen-bond donors (Lipinski definition) is 2. The molecule has 0 spiro atoms. The predicted molar refractivity (Wildman–Crippen MR) is 90.1 cm³/mol. The summed E-state index contributed by atoms with van der Waals surface area (Å²) < 4.78 is 0. The maximum absolute atomic E-state index is 12.3. The lowest BCUT2D eigenvalue weighted by Gasteiger charge is -2.35. The molecule has 3 nitrogen and oxygen atoms in total. The summed E-state index contributed by atoms with van der Waals surface area (Å²) in [7, 11) is 0. The van der Waals surface area contributed by atoms with Gasteiger partial charge in [-0.15, -0.1) is 12.4 Å². The monoisotopic (exact) mass is 330 g/mol. The molecule has 1 aliphatic rings. The standard InChI is InChI=1S/C16H23ClN2O.ClH/c1-11(13-9-18-10-13)15(20)19-16(2,3)8-12-6-4-5-7-14(12)17;/h4-7,11,13,18H,8-10H2,1-3H3,(H,19,20);1H. The van der Waals surface area contributed by atoms with Gasteiger partial charge in [0.15, 0.2) is 0 Å². The third-order valence-corrected chi connectivity index (χ3v) is 4.35. The SMILES string of the molecule is CC(C(=O)NC(C)(C)Cc1ccccc1Cl)C1CNC1.Cl. The summed E-state index contributed by atoms with van der Waals surface area (Å²) in [5.74, 6) is 0.654. The van der Waals surface area contributed by atoms with Gasteiger partial charge in [-0.2, -0.15) is 0 Å². The van der Waals surface area contributed by atoms with Crippen LogP contribution in [0.25, 0.3) is 0 Å². The van der Waals surface area contributed by atoms with Crippen molar-refractivity contribution in [2.24, 2.45) is 11.8 Å². The number of carbonyl (C=O) groups is 1. The van der Waals surface area contributed by atoms with Crippen LogP contribution in [0.4, 0.5) is 0 Å². The van der Waals surface area contributed by atoms with Crippen LogP contribution in [0, 0.1) is 11.8 Å². The quantitative estimate of drug-likeness (QED) is 0.871. The van der Waals surface area contributed by atoms with Crippen molar-refractivity contribution >= 4 is 29.9 Å². The van der Waals surface area contributed by atoms with Crippen molar-refractivity contribution < 1.29 is 4.79 Å². The first kappa shape index (κ1) is 18.3. The Kier molecular flexibility index (Phi) is 6.51. The molecule has 1 atom stereocenters. The van der Waals surface area contributed by atoms with Gasteiger partial charge in [0.1, 0.15) is 0 Å². The molecule has 5 heteroatoms. The molecule has 118 valence electrons. The van der Waals surface area contributed by atoms with Crippen LogP contribution < -0.4 is 10.6 Å². The largest absolute Gasteiger partial charge is 0.351 e. The van der Waals surface area contributed by atoms with E-state index in [-0.39, 0.29) is 29.8 Å². The second-order valence-electron chi connectivity index (χ2n) is 6.35. The first-order chi connectivity index (χ1) is 9.39. The molecule has 0 bridgehead atoms. The number of benzene rings is 1. The van der Waals surface area contributed by atoms with Gasteiger partial charge in [-0.25, -0.2) is 0 Å². The minimum Gasteiger partial charge on any atom is -0.351 e. The molecule has 2 rings (SSSR count). The molecule has 1 unspecified atom stereocenters. The van der Waals surface area contributed by atoms with E-state index in [1.54, 1.807) is 0 Å². The summed E-state index contributed by atoms with van der Waals surface area (Å²) in [6.45, 7) is 7.98. The van der Waals surface area contributed by atoms with E-state index in [4.69, 9.17) is 11.6 Å². The fourth-order valence-corrected chi connectivity index (χ4v) is 2.69. The number of carbonyl (C=O) groups excluding carboxylic acids is 1. The maximum Gasteiger partial charge on any atom is 0.223 e. The molecule has 0 aromatic heterocycles. The minimum absolute atomic E-state index is 0. The third-order valence-electron chi connectivity index (χ3n) is 3.99. The second-order valence-corrected chi connectivity index (χ2v) is 6.76. The van der Waals surface area contributed by atoms with E-state index in [0.717, 1.165) is 30.1 Å². The van der Waals surface area contributed by atoms with Gasteiger partial charge in [-0.1, -0.05) is 36.7 Å². The first-order valence-corrected chi connectivity index (χ1v) is 7.53. The molecule has 1 amide bonds. The van der Waals surface area contributed by atoms with Crippen molar-refractivity contribution in [1.29, 1.82) is 0 Å². The molecule has 0 aliphatic carbocycles. The lowest BCUT2D eigenvalue weighted by molar-refractivity contribution is -0.128. The smallest absolute Gasteiger partial charge is 0.223 e. The highest BCUT2D eigenvalue weighted by atomic mass is 35.5. The van der Waals surface area contributed by atoms with E-state index in [1.807, 2.05) is 45.0 Å². The summed E-state index contributed by atoms with van der Waals surface area (Å²) in [5, 5.41) is 7.12. The zero-order valence-electron chi connectivity index (χ0n) is 12.8. The minimum atomic E-state index is -0.298. The van der Waals surface area contributed by atoms with Crippen LogP contribution in [0.3, 0.4) is 0 Å². The molecule has 1 fully saturated rings. The number of nitrogens with one attached hydrogen (secondary N) is 2. The number of hydrogen-bond acceptors (Lipinski definition) is 2. The van der Waals surface area contributed by atoms with E-state index in [0.29, 0.717) is 5.92 Å². The van der Waals surface area contributed by atoms with Gasteiger partial charge in [-0.3, -0.25) is 4.79 Å². The van der Waals surface area contributed by atoms with E-state index in [2.05, 4.69) is 10.6 Å². The molecular weight excluding hydrogens is 307 g/mol. The lowest BCUT2D eigenvalue weighted by Crippen LogP contribution is -2.53. The highest BCUT2D eigenvalue weighted by molar-refractivity contribution is 6.31. The van der Waals surface area contributed by atoms with Crippen LogP contribution in [-0.4, -0.2) is 24.5 Å². The average Bonchev–Trinajstić information content (AvgIpc) is 2.29. The molecular formula is C16H24Cl2N2O. The van der Waals surface area contributed by atoms with Crippen LogP contribution in [0.5, 0.6) is 0 Å². The van der Waals surface area contributed by atoms with Gasteiger partial charge >= 0.3 is 0 Å². The maximum atomic E-state index is 12.3. The van der Waals surface area contributed by atoms with E-state index >= 15 is 0 Å². The summed E-state index contributed by atoms with van der Waals surface area (Å²) in [6, 6.07) is 7.79. The van der Waals surface area contributed by atoms with E-state index in [9.17, 15) is 4.79 Å². The predicted octanol–water partition coefficient (Wildman–Crippen LogP) is 3.05. The molecule has 1 saturated heterocycles. The fraction of sp³-hybridized carbons (Fsp3) is 0.562. The molecule has 21 heavy (non-hydrogen) atoms. The summed E-state index contributed by atoms with van der Waals surface area (Å²) in [5.41, 5.74) is 0.769. The van der Waals surface area contributed by atoms with Crippen molar-refractivity contribution in [2.45, 2.75) is 32.7 Å². The Morgan fingerprint density at radius 2 is 2.05 bits per heavy atom. The van der Waals surface area contributed by atoms with E-state index < -0.39 is 0 Å². The molecule has 2 N–H and O–H groups in total. The zero-order valence-corrected chi connectivity index (χ0v) is 14.4.